The molecule has 1 aromatic carbocycles. The van der Waals surface area contributed by atoms with E-state index in [2.05, 4.69) is 0 Å². The van der Waals surface area contributed by atoms with Crippen molar-refractivity contribution in [3.63, 3.8) is 0 Å². The zero-order valence-electron chi connectivity index (χ0n) is 15.2. The molecule has 4 heteroatoms. The van der Waals surface area contributed by atoms with Crippen molar-refractivity contribution in [1.29, 1.82) is 0 Å². The van der Waals surface area contributed by atoms with Crippen LogP contribution in [0.25, 0.3) is 0 Å². The number of hydrogen-bond donors (Lipinski definition) is 0. The van der Waals surface area contributed by atoms with Crippen LogP contribution in [-0.2, 0) is 20.6 Å². The van der Waals surface area contributed by atoms with Gasteiger partial charge in [0.05, 0.1) is 18.8 Å². The summed E-state index contributed by atoms with van der Waals surface area (Å²) in [6.07, 6.45) is 5.08. The van der Waals surface area contributed by atoms with Gasteiger partial charge in [0.15, 0.2) is 6.29 Å². The summed E-state index contributed by atoms with van der Waals surface area (Å²) in [6, 6.07) is 7.68. The predicted molar refractivity (Wildman–Crippen MR) is 94.0 cm³/mol. The Morgan fingerprint density at radius 3 is 2.83 bits per heavy atom. The van der Waals surface area contributed by atoms with E-state index < -0.39 is 0 Å². The molecule has 1 aliphatic rings. The molecule has 0 N–H and O–H groups in total. The first-order valence-corrected chi connectivity index (χ1v) is 8.93. The lowest BCUT2D eigenvalue weighted by Gasteiger charge is -2.22. The van der Waals surface area contributed by atoms with Gasteiger partial charge in [-0.15, -0.1) is 0 Å². The van der Waals surface area contributed by atoms with Crippen molar-refractivity contribution < 1.29 is 19.0 Å². The van der Waals surface area contributed by atoms with Crippen molar-refractivity contribution >= 4 is 5.97 Å². The van der Waals surface area contributed by atoms with E-state index in [0.29, 0.717) is 18.8 Å². The molecule has 1 atom stereocenters. The molecule has 4 nitrogen and oxygen atoms in total. The average molecular weight is 334 g/mol. The van der Waals surface area contributed by atoms with Gasteiger partial charge in [0.1, 0.15) is 0 Å². The highest BCUT2D eigenvalue weighted by Crippen LogP contribution is 2.16. The molecule has 2 rings (SSSR count). The number of benzene rings is 1. The van der Waals surface area contributed by atoms with Crippen molar-refractivity contribution in [2.24, 2.45) is 5.41 Å². The second kappa shape index (κ2) is 9.19. The van der Waals surface area contributed by atoms with Gasteiger partial charge in [-0.25, -0.2) is 4.79 Å². The maximum atomic E-state index is 12.1. The van der Waals surface area contributed by atoms with Gasteiger partial charge in [-0.1, -0.05) is 32.9 Å². The van der Waals surface area contributed by atoms with E-state index >= 15 is 0 Å². The quantitative estimate of drug-likeness (QED) is 0.549. The average Bonchev–Trinajstić information content (AvgIpc) is 2.57. The van der Waals surface area contributed by atoms with Crippen LogP contribution in [0.15, 0.2) is 24.3 Å². The molecule has 0 spiro atoms. The van der Waals surface area contributed by atoms with Gasteiger partial charge < -0.3 is 14.2 Å². The molecule has 1 fully saturated rings. The topological polar surface area (TPSA) is 44.8 Å². The number of carbonyl (C=O) groups is 1. The fourth-order valence-electron chi connectivity index (χ4n) is 2.55. The Balaban J connectivity index is 1.74. The molecule has 1 aromatic rings. The number of aryl methyl sites for hydroxylation is 1. The summed E-state index contributed by atoms with van der Waals surface area (Å²) in [4.78, 5) is 12.1. The first kappa shape index (κ1) is 18.9. The van der Waals surface area contributed by atoms with Crippen LogP contribution in [0.2, 0.25) is 0 Å². The Kier molecular flexibility index (Phi) is 7.25. The second-order valence-electron chi connectivity index (χ2n) is 7.61. The van der Waals surface area contributed by atoms with E-state index in [1.54, 1.807) is 6.07 Å². The normalized spacial score (nSPS) is 18.4. The van der Waals surface area contributed by atoms with Crippen LogP contribution in [-0.4, -0.2) is 32.1 Å². The minimum absolute atomic E-state index is 0.0220. The Morgan fingerprint density at radius 2 is 2.12 bits per heavy atom. The maximum Gasteiger partial charge on any atom is 0.338 e. The number of carbonyl (C=O) groups excluding carboxylic acids is 1. The predicted octanol–water partition coefficient (Wildman–Crippen LogP) is 4.37. The van der Waals surface area contributed by atoms with E-state index in [-0.39, 0.29) is 17.7 Å². The lowest BCUT2D eigenvalue weighted by molar-refractivity contribution is -0.162. The monoisotopic (exact) mass is 334 g/mol. The maximum absolute atomic E-state index is 12.1. The Hall–Kier alpha value is -1.39. The molecular weight excluding hydrogens is 304 g/mol. The van der Waals surface area contributed by atoms with Crippen LogP contribution in [0, 0.1) is 5.41 Å². The molecule has 0 aliphatic carbocycles. The van der Waals surface area contributed by atoms with Gasteiger partial charge in [0.2, 0.25) is 0 Å². The minimum Gasteiger partial charge on any atom is -0.462 e. The molecule has 0 aromatic heterocycles. The Labute approximate surface area is 145 Å². The third-order valence-electron chi connectivity index (χ3n) is 3.85. The Morgan fingerprint density at radius 1 is 1.29 bits per heavy atom. The lowest BCUT2D eigenvalue weighted by Crippen LogP contribution is -2.22. The minimum atomic E-state index is -0.251. The van der Waals surface area contributed by atoms with E-state index in [9.17, 15) is 4.79 Å². The zero-order chi connectivity index (χ0) is 17.4. The zero-order valence-corrected chi connectivity index (χ0v) is 15.2. The smallest absolute Gasteiger partial charge is 0.338 e. The molecule has 1 heterocycles. The first-order valence-electron chi connectivity index (χ1n) is 8.93. The van der Waals surface area contributed by atoms with Gasteiger partial charge in [-0.05, 0) is 55.2 Å². The summed E-state index contributed by atoms with van der Waals surface area (Å²) in [5, 5.41) is 0. The van der Waals surface area contributed by atoms with Gasteiger partial charge in [0, 0.05) is 6.61 Å². The fourth-order valence-corrected chi connectivity index (χ4v) is 2.55. The molecule has 0 radical (unpaired) electrons. The highest BCUT2D eigenvalue weighted by Gasteiger charge is 2.16. The summed E-state index contributed by atoms with van der Waals surface area (Å²) in [5.41, 5.74) is 1.73. The van der Waals surface area contributed by atoms with Gasteiger partial charge in [-0.3, -0.25) is 0 Å². The van der Waals surface area contributed by atoms with Gasteiger partial charge in [-0.2, -0.15) is 0 Å². The third kappa shape index (κ3) is 7.02. The molecule has 1 aliphatic heterocycles. The Bertz CT molecular complexity index is 513. The van der Waals surface area contributed by atoms with E-state index in [1.165, 1.54) is 6.42 Å². The third-order valence-corrected chi connectivity index (χ3v) is 3.85. The van der Waals surface area contributed by atoms with Crippen LogP contribution in [0.4, 0.5) is 0 Å². The van der Waals surface area contributed by atoms with Crippen molar-refractivity contribution in [2.75, 3.05) is 19.8 Å². The molecule has 1 unspecified atom stereocenters. The first-order chi connectivity index (χ1) is 11.4. The summed E-state index contributed by atoms with van der Waals surface area (Å²) in [7, 11) is 0. The number of hydrogen-bond acceptors (Lipinski definition) is 4. The van der Waals surface area contributed by atoms with Crippen LogP contribution in [0.5, 0.6) is 0 Å². The molecule has 1 saturated heterocycles. The van der Waals surface area contributed by atoms with E-state index in [4.69, 9.17) is 14.2 Å². The van der Waals surface area contributed by atoms with Crippen molar-refractivity contribution in [1.82, 2.24) is 0 Å². The summed E-state index contributed by atoms with van der Waals surface area (Å²) < 4.78 is 16.7. The van der Waals surface area contributed by atoms with Crippen LogP contribution in [0.1, 0.15) is 62.4 Å². The molecular formula is C20H30O4. The molecule has 24 heavy (non-hydrogen) atoms. The summed E-state index contributed by atoms with van der Waals surface area (Å²) in [5.74, 6) is -0.251. The lowest BCUT2D eigenvalue weighted by atomic mass is 9.99. The van der Waals surface area contributed by atoms with Gasteiger partial charge >= 0.3 is 5.97 Å². The van der Waals surface area contributed by atoms with Crippen molar-refractivity contribution in [3.05, 3.63) is 35.4 Å². The van der Waals surface area contributed by atoms with E-state index in [1.807, 2.05) is 39.0 Å². The molecule has 0 amide bonds. The number of ether oxygens (including phenoxy) is 3. The standard InChI is InChI=1S/C20H30O4/c1-20(2,3)15-24-19(21)17-10-6-8-16(14-17)9-7-13-23-18-11-4-5-12-22-18/h6,8,10,14,18H,4-5,7,9,11-13,15H2,1-3H3. The second-order valence-corrected chi connectivity index (χ2v) is 7.61. The van der Waals surface area contributed by atoms with Crippen molar-refractivity contribution in [3.8, 4) is 0 Å². The molecule has 134 valence electrons. The number of rotatable bonds is 7. The molecule has 0 bridgehead atoms. The van der Waals surface area contributed by atoms with Crippen LogP contribution < -0.4 is 0 Å². The van der Waals surface area contributed by atoms with E-state index in [0.717, 1.165) is 37.9 Å². The largest absolute Gasteiger partial charge is 0.462 e. The fraction of sp³-hybridized carbons (Fsp3) is 0.650. The number of esters is 1. The highest BCUT2D eigenvalue weighted by atomic mass is 16.7. The van der Waals surface area contributed by atoms with Crippen LogP contribution in [0.3, 0.4) is 0 Å². The summed E-state index contributed by atoms with van der Waals surface area (Å²) in [6.45, 7) is 8.06. The SMILES string of the molecule is CC(C)(C)COC(=O)c1cccc(CCCOC2CCCCO2)c1. The van der Waals surface area contributed by atoms with Gasteiger partial charge in [0.25, 0.3) is 0 Å². The molecule has 0 saturated carbocycles. The summed E-state index contributed by atoms with van der Waals surface area (Å²) >= 11 is 0. The van der Waals surface area contributed by atoms with Crippen molar-refractivity contribution in [2.45, 2.75) is 59.2 Å². The van der Waals surface area contributed by atoms with Crippen LogP contribution >= 0.6 is 0 Å². The highest BCUT2D eigenvalue weighted by molar-refractivity contribution is 5.89.